The molecule has 0 aliphatic carbocycles. The van der Waals surface area contributed by atoms with Crippen molar-refractivity contribution in [2.75, 3.05) is 17.3 Å². The molecule has 0 spiro atoms. The van der Waals surface area contributed by atoms with E-state index in [4.69, 9.17) is 27.9 Å². The SMILES string of the molecule is CCc1ccc(N2C(=O)C(Cc3ccc(Cl)cc3Cl)S/C2=C(/C#N)C(=O)Nc2ccccc2OC)cc1. The number of benzene rings is 3. The molecule has 4 rings (SSSR count). The van der Waals surface area contributed by atoms with Crippen LogP contribution >= 0.6 is 35.0 Å². The summed E-state index contributed by atoms with van der Waals surface area (Å²) in [5.41, 5.74) is 2.67. The van der Waals surface area contributed by atoms with Crippen LogP contribution < -0.4 is 15.0 Å². The Morgan fingerprint density at radius 1 is 1.14 bits per heavy atom. The summed E-state index contributed by atoms with van der Waals surface area (Å²) in [6.45, 7) is 2.04. The topological polar surface area (TPSA) is 82.4 Å². The van der Waals surface area contributed by atoms with Crippen molar-refractivity contribution in [1.29, 1.82) is 5.26 Å². The van der Waals surface area contributed by atoms with Gasteiger partial charge in [-0.1, -0.05) is 72.2 Å². The third-order valence-electron chi connectivity index (χ3n) is 5.88. The number of carbonyl (C=O) groups is 2. The smallest absolute Gasteiger partial charge is 0.269 e. The average Bonchev–Trinajstić information content (AvgIpc) is 3.21. The van der Waals surface area contributed by atoms with Crippen molar-refractivity contribution in [3.8, 4) is 11.8 Å². The first-order chi connectivity index (χ1) is 17.9. The Morgan fingerprint density at radius 3 is 2.51 bits per heavy atom. The molecule has 188 valence electrons. The maximum atomic E-state index is 13.7. The van der Waals surface area contributed by atoms with E-state index in [1.165, 1.54) is 23.8 Å². The highest BCUT2D eigenvalue weighted by Gasteiger charge is 2.41. The molecule has 1 unspecified atom stereocenters. The number of halogens is 2. The monoisotopic (exact) mass is 551 g/mol. The molecule has 3 aromatic carbocycles. The van der Waals surface area contributed by atoms with Crippen molar-refractivity contribution in [2.24, 2.45) is 0 Å². The molecule has 1 aliphatic rings. The number of amides is 2. The lowest BCUT2D eigenvalue weighted by Gasteiger charge is -2.19. The van der Waals surface area contributed by atoms with Gasteiger partial charge in [0.15, 0.2) is 0 Å². The standard InChI is InChI=1S/C28H23Cl2N3O3S/c1-3-17-8-12-20(13-9-17)33-27(35)25(14-18-10-11-19(29)15-22(18)30)37-28(33)21(16-31)26(34)32-23-6-4-5-7-24(23)36-2/h4-13,15,25H,3,14H2,1-2H3,(H,32,34)/b28-21-. The molecule has 6 nitrogen and oxygen atoms in total. The number of anilines is 2. The Labute approximate surface area is 229 Å². The van der Waals surface area contributed by atoms with Gasteiger partial charge in [-0.05, 0) is 60.4 Å². The van der Waals surface area contributed by atoms with Crippen LogP contribution in [-0.2, 0) is 22.4 Å². The van der Waals surface area contributed by atoms with Gasteiger partial charge in [-0.15, -0.1) is 0 Å². The van der Waals surface area contributed by atoms with Gasteiger partial charge in [0, 0.05) is 15.7 Å². The Hall–Kier alpha value is -3.44. The zero-order valence-electron chi connectivity index (χ0n) is 20.1. The van der Waals surface area contributed by atoms with Gasteiger partial charge in [-0.3, -0.25) is 14.5 Å². The number of nitrogens with one attached hydrogen (secondary N) is 1. The lowest BCUT2D eigenvalue weighted by atomic mass is 10.1. The predicted molar refractivity (Wildman–Crippen MR) is 149 cm³/mol. The summed E-state index contributed by atoms with van der Waals surface area (Å²) < 4.78 is 5.31. The van der Waals surface area contributed by atoms with Crippen molar-refractivity contribution < 1.29 is 14.3 Å². The van der Waals surface area contributed by atoms with E-state index in [2.05, 4.69) is 5.32 Å². The minimum absolute atomic E-state index is 0.173. The van der Waals surface area contributed by atoms with E-state index in [9.17, 15) is 14.9 Å². The zero-order chi connectivity index (χ0) is 26.5. The maximum absolute atomic E-state index is 13.7. The number of carbonyl (C=O) groups excluding carboxylic acids is 2. The first-order valence-electron chi connectivity index (χ1n) is 11.5. The van der Waals surface area contributed by atoms with E-state index in [1.807, 2.05) is 37.3 Å². The van der Waals surface area contributed by atoms with Crippen molar-refractivity contribution in [3.05, 3.63) is 98.5 Å². The predicted octanol–water partition coefficient (Wildman–Crippen LogP) is 6.63. The Morgan fingerprint density at radius 2 is 1.86 bits per heavy atom. The van der Waals surface area contributed by atoms with Gasteiger partial charge in [-0.2, -0.15) is 5.26 Å². The van der Waals surface area contributed by atoms with Gasteiger partial charge in [0.05, 0.1) is 18.0 Å². The van der Waals surface area contributed by atoms with Crippen LogP contribution in [0.15, 0.2) is 77.3 Å². The van der Waals surface area contributed by atoms with E-state index in [1.54, 1.807) is 42.5 Å². The summed E-state index contributed by atoms with van der Waals surface area (Å²) >= 11 is 13.6. The second-order valence-electron chi connectivity index (χ2n) is 8.19. The normalized spacial score (nSPS) is 16.4. The number of nitrogens with zero attached hydrogens (tertiary/aromatic N) is 2. The lowest BCUT2D eigenvalue weighted by molar-refractivity contribution is -0.117. The van der Waals surface area contributed by atoms with Gasteiger partial charge in [0.2, 0.25) is 5.91 Å². The average molecular weight is 552 g/mol. The molecule has 2 amide bonds. The van der Waals surface area contributed by atoms with Crippen molar-refractivity contribution in [2.45, 2.75) is 25.0 Å². The minimum atomic E-state index is -0.636. The number of rotatable bonds is 7. The number of nitriles is 1. The van der Waals surface area contributed by atoms with Crippen LogP contribution in [-0.4, -0.2) is 24.2 Å². The molecule has 1 aliphatic heterocycles. The van der Waals surface area contributed by atoms with E-state index < -0.39 is 11.2 Å². The number of para-hydroxylation sites is 2. The summed E-state index contributed by atoms with van der Waals surface area (Å²) in [6.07, 6.45) is 1.15. The van der Waals surface area contributed by atoms with Crippen LogP contribution in [0, 0.1) is 11.3 Å². The third kappa shape index (κ3) is 5.78. The lowest BCUT2D eigenvalue weighted by Crippen LogP contribution is -2.31. The molecular weight excluding hydrogens is 529 g/mol. The molecule has 0 bridgehead atoms. The largest absolute Gasteiger partial charge is 0.495 e. The van der Waals surface area contributed by atoms with Crippen molar-refractivity contribution in [1.82, 2.24) is 0 Å². The molecule has 0 radical (unpaired) electrons. The molecule has 0 saturated carbocycles. The molecule has 1 N–H and O–H groups in total. The Balaban J connectivity index is 1.75. The van der Waals surface area contributed by atoms with Crippen LogP contribution in [0.5, 0.6) is 5.75 Å². The van der Waals surface area contributed by atoms with Gasteiger partial charge in [-0.25, -0.2) is 0 Å². The second kappa shape index (κ2) is 11.7. The first kappa shape index (κ1) is 26.6. The fourth-order valence-electron chi connectivity index (χ4n) is 3.92. The van der Waals surface area contributed by atoms with E-state index in [-0.39, 0.29) is 16.5 Å². The summed E-state index contributed by atoms with van der Waals surface area (Å²) in [7, 11) is 1.49. The molecule has 37 heavy (non-hydrogen) atoms. The Kier molecular flexibility index (Phi) is 8.45. The highest BCUT2D eigenvalue weighted by molar-refractivity contribution is 8.05. The molecule has 3 aromatic rings. The van der Waals surface area contributed by atoms with Gasteiger partial charge < -0.3 is 10.1 Å². The van der Waals surface area contributed by atoms with E-state index in [0.29, 0.717) is 33.6 Å². The summed E-state index contributed by atoms with van der Waals surface area (Å²) in [5, 5.41) is 13.4. The fraction of sp³-hybridized carbons (Fsp3) is 0.179. The van der Waals surface area contributed by atoms with E-state index in [0.717, 1.165) is 17.5 Å². The van der Waals surface area contributed by atoms with Crippen LogP contribution in [0.1, 0.15) is 18.1 Å². The molecule has 0 aromatic heterocycles. The number of hydrogen-bond acceptors (Lipinski definition) is 5. The fourth-order valence-corrected chi connectivity index (χ4v) is 5.70. The van der Waals surface area contributed by atoms with Crippen LogP contribution in [0.4, 0.5) is 11.4 Å². The number of thioether (sulfide) groups is 1. The van der Waals surface area contributed by atoms with Gasteiger partial charge in [0.1, 0.15) is 22.4 Å². The maximum Gasteiger partial charge on any atom is 0.269 e. The van der Waals surface area contributed by atoms with Crippen LogP contribution in [0.25, 0.3) is 0 Å². The minimum Gasteiger partial charge on any atom is -0.495 e. The van der Waals surface area contributed by atoms with Crippen LogP contribution in [0.2, 0.25) is 10.0 Å². The Bertz CT molecular complexity index is 1420. The first-order valence-corrected chi connectivity index (χ1v) is 13.1. The summed E-state index contributed by atoms with van der Waals surface area (Å²) in [5.74, 6) is -0.425. The molecular formula is C28H23Cl2N3O3S. The number of methoxy groups -OCH3 is 1. The molecule has 1 heterocycles. The van der Waals surface area contributed by atoms with Crippen LogP contribution in [0.3, 0.4) is 0 Å². The molecule has 1 atom stereocenters. The number of aryl methyl sites for hydroxylation is 1. The molecule has 9 heteroatoms. The second-order valence-corrected chi connectivity index (χ2v) is 10.2. The molecule has 1 saturated heterocycles. The highest BCUT2D eigenvalue weighted by atomic mass is 35.5. The molecule has 1 fully saturated rings. The third-order valence-corrected chi connectivity index (χ3v) is 7.73. The van der Waals surface area contributed by atoms with Crippen molar-refractivity contribution >= 4 is 58.2 Å². The number of hydrogen-bond donors (Lipinski definition) is 1. The zero-order valence-corrected chi connectivity index (χ0v) is 22.5. The summed E-state index contributed by atoms with van der Waals surface area (Å²) in [4.78, 5) is 28.4. The van der Waals surface area contributed by atoms with Gasteiger partial charge >= 0.3 is 0 Å². The van der Waals surface area contributed by atoms with Crippen molar-refractivity contribution in [3.63, 3.8) is 0 Å². The van der Waals surface area contributed by atoms with E-state index >= 15 is 0 Å². The highest BCUT2D eigenvalue weighted by Crippen LogP contribution is 2.43. The quantitative estimate of drug-likeness (QED) is 0.263. The summed E-state index contributed by atoms with van der Waals surface area (Å²) in [6, 6.07) is 21.5. The van der Waals surface area contributed by atoms with Gasteiger partial charge in [0.25, 0.3) is 5.91 Å². The number of ether oxygens (including phenoxy) is 1.